The largest absolute Gasteiger partial charge is 0.494 e. The molecule has 0 amide bonds. The number of hydrogen-bond acceptors (Lipinski definition) is 2. The van der Waals surface area contributed by atoms with Crippen molar-refractivity contribution in [2.75, 3.05) is 6.61 Å². The summed E-state index contributed by atoms with van der Waals surface area (Å²) in [6, 6.07) is 9.69. The molecule has 0 aromatic heterocycles. The van der Waals surface area contributed by atoms with E-state index >= 15 is 0 Å². The van der Waals surface area contributed by atoms with Crippen molar-refractivity contribution in [3.63, 3.8) is 0 Å². The number of carbonyl (C=O) groups excluding carboxylic acids is 1. The summed E-state index contributed by atoms with van der Waals surface area (Å²) < 4.78 is 5.53. The monoisotopic (exact) mass is 256 g/mol. The highest BCUT2D eigenvalue weighted by molar-refractivity contribution is 9.18. The Kier molecular flexibility index (Phi) is 5.30. The molecule has 2 nitrogen and oxygen atoms in total. The van der Waals surface area contributed by atoms with Gasteiger partial charge in [-0.2, -0.15) is 0 Å². The van der Waals surface area contributed by atoms with E-state index < -0.39 is 0 Å². The molecular weight excluding hydrogens is 244 g/mol. The van der Waals surface area contributed by atoms with Crippen molar-refractivity contribution in [3.8, 4) is 5.75 Å². The topological polar surface area (TPSA) is 26.3 Å². The first-order chi connectivity index (χ1) is 6.79. The van der Waals surface area contributed by atoms with Crippen LogP contribution in [-0.4, -0.2) is 11.3 Å². The molecule has 0 atom stereocenters. The molecule has 0 fully saturated rings. The second-order valence-electron chi connectivity index (χ2n) is 2.97. The van der Waals surface area contributed by atoms with Crippen LogP contribution in [0.4, 0.5) is 0 Å². The summed E-state index contributed by atoms with van der Waals surface area (Å²) in [6.07, 6.45) is 2.36. The van der Waals surface area contributed by atoms with Gasteiger partial charge in [0.05, 0.1) is 6.61 Å². The molecule has 0 N–H and O–H groups in total. The molecule has 3 heteroatoms. The zero-order chi connectivity index (χ0) is 10.2. The molecule has 0 radical (unpaired) electrons. The van der Waals surface area contributed by atoms with E-state index in [1.54, 1.807) is 0 Å². The Morgan fingerprint density at radius 3 is 2.57 bits per heavy atom. The van der Waals surface area contributed by atoms with Gasteiger partial charge in [0.25, 0.3) is 0 Å². The van der Waals surface area contributed by atoms with Crippen molar-refractivity contribution in [1.29, 1.82) is 0 Å². The van der Waals surface area contributed by atoms with E-state index in [4.69, 9.17) is 4.74 Å². The van der Waals surface area contributed by atoms with E-state index in [-0.39, 0.29) is 4.69 Å². The third-order valence-corrected chi connectivity index (χ3v) is 2.18. The lowest BCUT2D eigenvalue weighted by Gasteiger charge is -2.04. The summed E-state index contributed by atoms with van der Waals surface area (Å²) in [7, 11) is 0. The summed E-state index contributed by atoms with van der Waals surface area (Å²) in [6.45, 7) is 0.671. The highest BCUT2D eigenvalue weighted by atomic mass is 79.9. The van der Waals surface area contributed by atoms with Gasteiger partial charge in [-0.15, -0.1) is 0 Å². The van der Waals surface area contributed by atoms with E-state index in [0.717, 1.165) is 18.6 Å². The number of rotatable bonds is 6. The predicted molar refractivity (Wildman–Crippen MR) is 59.7 cm³/mol. The molecular formula is C11H13BrO2. The second kappa shape index (κ2) is 6.60. The van der Waals surface area contributed by atoms with E-state index in [0.29, 0.717) is 13.0 Å². The minimum Gasteiger partial charge on any atom is -0.494 e. The Morgan fingerprint density at radius 2 is 1.93 bits per heavy atom. The van der Waals surface area contributed by atoms with Crippen LogP contribution in [0.15, 0.2) is 30.3 Å². The van der Waals surface area contributed by atoms with Crippen LogP contribution in [-0.2, 0) is 4.79 Å². The Balaban J connectivity index is 2.08. The fourth-order valence-corrected chi connectivity index (χ4v) is 1.35. The van der Waals surface area contributed by atoms with Crippen molar-refractivity contribution in [3.05, 3.63) is 30.3 Å². The Labute approximate surface area is 92.4 Å². The fourth-order valence-electron chi connectivity index (χ4n) is 1.07. The van der Waals surface area contributed by atoms with Crippen LogP contribution in [0.5, 0.6) is 5.75 Å². The maximum atomic E-state index is 10.6. The van der Waals surface area contributed by atoms with Crippen LogP contribution in [0.25, 0.3) is 0 Å². The Morgan fingerprint density at radius 1 is 1.21 bits per heavy atom. The van der Waals surface area contributed by atoms with Crippen LogP contribution >= 0.6 is 15.9 Å². The van der Waals surface area contributed by atoms with E-state index in [9.17, 15) is 4.79 Å². The lowest BCUT2D eigenvalue weighted by atomic mass is 10.2. The number of benzene rings is 1. The first-order valence-corrected chi connectivity index (χ1v) is 5.44. The zero-order valence-electron chi connectivity index (χ0n) is 7.91. The minimum atomic E-state index is 0.0669. The standard InChI is InChI=1S/C11H13BrO2/c12-11(13)8-4-5-9-14-10-6-2-1-3-7-10/h1-3,6-7H,4-5,8-9H2. The molecule has 0 spiro atoms. The van der Waals surface area contributed by atoms with E-state index in [1.807, 2.05) is 30.3 Å². The molecule has 0 saturated heterocycles. The molecule has 14 heavy (non-hydrogen) atoms. The van der Waals surface area contributed by atoms with Gasteiger partial charge in [-0.1, -0.05) is 18.2 Å². The highest BCUT2D eigenvalue weighted by Crippen LogP contribution is 2.09. The van der Waals surface area contributed by atoms with Crippen molar-refractivity contribution < 1.29 is 9.53 Å². The lowest BCUT2D eigenvalue weighted by Crippen LogP contribution is -1.97. The molecule has 0 unspecified atom stereocenters. The summed E-state index contributed by atoms with van der Waals surface area (Å²) in [4.78, 5) is 10.6. The molecule has 0 saturated carbocycles. The van der Waals surface area contributed by atoms with Crippen LogP contribution < -0.4 is 4.74 Å². The predicted octanol–water partition coefficient (Wildman–Crippen LogP) is 3.16. The van der Waals surface area contributed by atoms with Gasteiger partial charge >= 0.3 is 0 Å². The first-order valence-electron chi connectivity index (χ1n) is 4.65. The van der Waals surface area contributed by atoms with Crippen LogP contribution in [0.1, 0.15) is 19.3 Å². The summed E-state index contributed by atoms with van der Waals surface area (Å²) >= 11 is 2.89. The van der Waals surface area contributed by atoms with Crippen molar-refractivity contribution >= 4 is 20.6 Å². The zero-order valence-corrected chi connectivity index (χ0v) is 9.50. The molecule has 76 valence electrons. The van der Waals surface area contributed by atoms with Crippen LogP contribution in [0.2, 0.25) is 0 Å². The first kappa shape index (κ1) is 11.2. The van der Waals surface area contributed by atoms with Gasteiger partial charge < -0.3 is 4.74 Å². The second-order valence-corrected chi connectivity index (χ2v) is 3.86. The Bertz CT molecular complexity index is 272. The van der Waals surface area contributed by atoms with Crippen molar-refractivity contribution in [1.82, 2.24) is 0 Å². The lowest BCUT2D eigenvalue weighted by molar-refractivity contribution is -0.110. The molecule has 1 rings (SSSR count). The van der Waals surface area contributed by atoms with Gasteiger partial charge in [-0.05, 0) is 40.9 Å². The molecule has 0 aliphatic heterocycles. The molecule has 0 aliphatic rings. The smallest absolute Gasteiger partial charge is 0.197 e. The molecule has 0 aliphatic carbocycles. The SMILES string of the molecule is O=C(Br)CCCCOc1ccccc1. The number of hydrogen-bond donors (Lipinski definition) is 0. The third-order valence-electron chi connectivity index (χ3n) is 1.78. The van der Waals surface area contributed by atoms with Gasteiger partial charge in [-0.3, -0.25) is 4.79 Å². The molecule has 1 aromatic rings. The number of halogens is 1. The number of ether oxygens (including phenoxy) is 1. The summed E-state index contributed by atoms with van der Waals surface area (Å²) in [5.74, 6) is 0.887. The van der Waals surface area contributed by atoms with Gasteiger partial charge in [0, 0.05) is 6.42 Å². The average molecular weight is 257 g/mol. The van der Waals surface area contributed by atoms with E-state index in [1.165, 1.54) is 0 Å². The van der Waals surface area contributed by atoms with E-state index in [2.05, 4.69) is 15.9 Å². The fraction of sp³-hybridized carbons (Fsp3) is 0.364. The minimum absolute atomic E-state index is 0.0669. The maximum Gasteiger partial charge on any atom is 0.197 e. The number of unbranched alkanes of at least 4 members (excludes halogenated alkanes) is 1. The highest BCUT2D eigenvalue weighted by Gasteiger charge is 1.96. The van der Waals surface area contributed by atoms with Crippen LogP contribution in [0, 0.1) is 0 Å². The number of carbonyl (C=O) groups is 1. The van der Waals surface area contributed by atoms with Gasteiger partial charge in [-0.25, -0.2) is 0 Å². The maximum absolute atomic E-state index is 10.6. The van der Waals surface area contributed by atoms with Gasteiger partial charge in [0.1, 0.15) is 5.75 Å². The van der Waals surface area contributed by atoms with Gasteiger partial charge in [0.15, 0.2) is 4.69 Å². The summed E-state index contributed by atoms with van der Waals surface area (Å²) in [5, 5.41) is 0. The quantitative estimate of drug-likeness (QED) is 0.578. The number of para-hydroxylation sites is 1. The normalized spacial score (nSPS) is 9.79. The summed E-state index contributed by atoms with van der Waals surface area (Å²) in [5.41, 5.74) is 0. The molecule has 0 bridgehead atoms. The van der Waals surface area contributed by atoms with Crippen molar-refractivity contribution in [2.24, 2.45) is 0 Å². The van der Waals surface area contributed by atoms with Gasteiger partial charge in [0.2, 0.25) is 0 Å². The van der Waals surface area contributed by atoms with Crippen LogP contribution in [0.3, 0.4) is 0 Å². The van der Waals surface area contributed by atoms with Crippen molar-refractivity contribution in [2.45, 2.75) is 19.3 Å². The molecule has 0 heterocycles. The Hall–Kier alpha value is -0.830. The third kappa shape index (κ3) is 5.02. The average Bonchev–Trinajstić information content (AvgIpc) is 2.18. The molecule has 1 aromatic carbocycles.